The van der Waals surface area contributed by atoms with Gasteiger partial charge in [0, 0.05) is 13.5 Å². The van der Waals surface area contributed by atoms with Gasteiger partial charge in [0.2, 0.25) is 5.91 Å². The molecule has 3 N–H and O–H groups in total. The first kappa shape index (κ1) is 16.0. The molecule has 1 aromatic rings. The number of hydrogen-bond donors (Lipinski definition) is 3. The monoisotopic (exact) mass is 304 g/mol. The van der Waals surface area contributed by atoms with Gasteiger partial charge in [0.15, 0.2) is 0 Å². The Balaban J connectivity index is 2.13. The number of anilines is 1. The summed E-state index contributed by atoms with van der Waals surface area (Å²) in [5, 5.41) is 14.6. The average molecular weight is 304 g/mol. The molecule has 0 radical (unpaired) electrons. The normalized spacial score (nSPS) is 16.0. The molecule has 0 bridgehead atoms. The third-order valence-electron chi connectivity index (χ3n) is 4.19. The molecular formula is C16H20N2O4. The maximum atomic E-state index is 12.2. The molecule has 1 aromatic carbocycles. The summed E-state index contributed by atoms with van der Waals surface area (Å²) < 4.78 is 0. The lowest BCUT2D eigenvalue weighted by atomic mass is 9.82. The van der Waals surface area contributed by atoms with Crippen molar-refractivity contribution in [3.05, 3.63) is 29.8 Å². The highest BCUT2D eigenvalue weighted by atomic mass is 16.4. The van der Waals surface area contributed by atoms with E-state index in [0.717, 1.165) is 12.8 Å². The number of carboxylic acid groups (broad SMARTS) is 1. The van der Waals surface area contributed by atoms with Crippen LogP contribution in [0.15, 0.2) is 24.3 Å². The first-order valence-corrected chi connectivity index (χ1v) is 7.33. The van der Waals surface area contributed by atoms with Crippen LogP contribution in [0, 0.1) is 5.41 Å². The van der Waals surface area contributed by atoms with Gasteiger partial charge in [-0.15, -0.1) is 0 Å². The van der Waals surface area contributed by atoms with E-state index in [9.17, 15) is 19.5 Å². The fourth-order valence-electron chi connectivity index (χ4n) is 2.94. The van der Waals surface area contributed by atoms with Gasteiger partial charge in [-0.05, 0) is 25.0 Å². The molecule has 0 heterocycles. The van der Waals surface area contributed by atoms with Crippen LogP contribution in [-0.2, 0) is 9.59 Å². The highest BCUT2D eigenvalue weighted by Gasteiger charge is 2.43. The number of amides is 2. The van der Waals surface area contributed by atoms with Crippen LogP contribution < -0.4 is 10.6 Å². The van der Waals surface area contributed by atoms with E-state index in [1.165, 1.54) is 7.05 Å². The second kappa shape index (κ2) is 6.60. The van der Waals surface area contributed by atoms with Gasteiger partial charge in [-0.1, -0.05) is 25.0 Å². The molecule has 1 aliphatic rings. The van der Waals surface area contributed by atoms with Crippen molar-refractivity contribution in [1.82, 2.24) is 5.32 Å². The van der Waals surface area contributed by atoms with Gasteiger partial charge in [-0.3, -0.25) is 14.4 Å². The molecular weight excluding hydrogens is 284 g/mol. The van der Waals surface area contributed by atoms with Gasteiger partial charge >= 0.3 is 5.97 Å². The minimum atomic E-state index is -0.966. The fraction of sp³-hybridized carbons (Fsp3) is 0.438. The quantitative estimate of drug-likeness (QED) is 0.775. The minimum absolute atomic E-state index is 0.0651. The minimum Gasteiger partial charge on any atom is -0.481 e. The maximum Gasteiger partial charge on any atom is 0.310 e. The Bertz CT molecular complexity index is 592. The highest BCUT2D eigenvalue weighted by Crippen LogP contribution is 2.41. The molecule has 22 heavy (non-hydrogen) atoms. The highest BCUT2D eigenvalue weighted by molar-refractivity contribution is 6.04. The summed E-state index contributed by atoms with van der Waals surface area (Å²) >= 11 is 0. The summed E-state index contributed by atoms with van der Waals surface area (Å²) in [4.78, 5) is 35.5. The van der Waals surface area contributed by atoms with Gasteiger partial charge in [0.05, 0.1) is 16.7 Å². The van der Waals surface area contributed by atoms with Crippen molar-refractivity contribution < 1.29 is 19.5 Å². The molecule has 1 fully saturated rings. The molecule has 0 atom stereocenters. The molecule has 0 saturated heterocycles. The van der Waals surface area contributed by atoms with E-state index in [1.54, 1.807) is 24.3 Å². The molecule has 118 valence electrons. The van der Waals surface area contributed by atoms with Crippen molar-refractivity contribution >= 4 is 23.5 Å². The number of hydrogen-bond acceptors (Lipinski definition) is 3. The lowest BCUT2D eigenvalue weighted by Crippen LogP contribution is -2.33. The zero-order valence-corrected chi connectivity index (χ0v) is 12.5. The zero-order chi connectivity index (χ0) is 16.2. The van der Waals surface area contributed by atoms with Crippen LogP contribution in [0.2, 0.25) is 0 Å². The number of nitrogens with one attached hydrogen (secondary N) is 2. The predicted octanol–water partition coefficient (Wildman–Crippen LogP) is 2.02. The van der Waals surface area contributed by atoms with Crippen LogP contribution in [0.1, 0.15) is 42.5 Å². The van der Waals surface area contributed by atoms with E-state index in [4.69, 9.17) is 0 Å². The van der Waals surface area contributed by atoms with Crippen LogP contribution >= 0.6 is 0 Å². The van der Waals surface area contributed by atoms with Crippen LogP contribution in [0.25, 0.3) is 0 Å². The molecule has 6 nitrogen and oxygen atoms in total. The van der Waals surface area contributed by atoms with Crippen molar-refractivity contribution in [3.63, 3.8) is 0 Å². The largest absolute Gasteiger partial charge is 0.481 e. The van der Waals surface area contributed by atoms with Gasteiger partial charge in [-0.25, -0.2) is 0 Å². The first-order chi connectivity index (χ1) is 10.5. The lowest BCUT2D eigenvalue weighted by molar-refractivity contribution is -0.150. The third-order valence-corrected chi connectivity index (χ3v) is 4.19. The standard InChI is InChI=1S/C16H20N2O4/c1-17-14(20)11-6-2-3-7-12(11)18-13(19)10-16(15(21)22)8-4-5-9-16/h2-3,6-7H,4-5,8-10H2,1H3,(H,17,20)(H,18,19)(H,21,22). The summed E-state index contributed by atoms with van der Waals surface area (Å²) in [6.07, 6.45) is 2.63. The van der Waals surface area contributed by atoms with Crippen molar-refractivity contribution in [3.8, 4) is 0 Å². The summed E-state index contributed by atoms with van der Waals surface area (Å²) in [6, 6.07) is 6.65. The van der Waals surface area contributed by atoms with Crippen molar-refractivity contribution in [2.75, 3.05) is 12.4 Å². The Kier molecular flexibility index (Phi) is 4.80. The van der Waals surface area contributed by atoms with Crippen LogP contribution in [-0.4, -0.2) is 29.9 Å². The van der Waals surface area contributed by atoms with E-state index in [0.29, 0.717) is 24.1 Å². The van der Waals surface area contributed by atoms with Gasteiger partial charge in [0.25, 0.3) is 5.91 Å². The van der Waals surface area contributed by atoms with Crippen molar-refractivity contribution in [2.24, 2.45) is 5.41 Å². The molecule has 0 unspecified atom stereocenters. The van der Waals surface area contributed by atoms with Crippen LogP contribution in [0.5, 0.6) is 0 Å². The molecule has 0 aromatic heterocycles. The summed E-state index contributed by atoms with van der Waals surface area (Å²) in [7, 11) is 1.51. The number of carbonyl (C=O) groups excluding carboxylic acids is 2. The van der Waals surface area contributed by atoms with Crippen molar-refractivity contribution in [2.45, 2.75) is 32.1 Å². The first-order valence-electron chi connectivity index (χ1n) is 7.33. The number of aliphatic carboxylic acids is 1. The smallest absolute Gasteiger partial charge is 0.310 e. The third kappa shape index (κ3) is 3.27. The number of rotatable bonds is 5. The van der Waals surface area contributed by atoms with E-state index >= 15 is 0 Å². The molecule has 2 amide bonds. The van der Waals surface area contributed by atoms with E-state index in [1.807, 2.05) is 0 Å². The second-order valence-electron chi connectivity index (χ2n) is 5.64. The topological polar surface area (TPSA) is 95.5 Å². The van der Waals surface area contributed by atoms with Crippen molar-refractivity contribution in [1.29, 1.82) is 0 Å². The Labute approximate surface area is 128 Å². The van der Waals surface area contributed by atoms with Gasteiger partial charge < -0.3 is 15.7 Å². The number of benzene rings is 1. The Morgan fingerprint density at radius 2 is 1.82 bits per heavy atom. The number of para-hydroxylation sites is 1. The Morgan fingerprint density at radius 3 is 2.41 bits per heavy atom. The number of carbonyl (C=O) groups is 3. The van der Waals surface area contributed by atoms with Gasteiger partial charge in [0.1, 0.15) is 0 Å². The van der Waals surface area contributed by atoms with E-state index in [-0.39, 0.29) is 18.2 Å². The molecule has 0 spiro atoms. The summed E-state index contributed by atoms with van der Waals surface area (Å²) in [6.45, 7) is 0. The zero-order valence-electron chi connectivity index (χ0n) is 12.5. The molecule has 1 saturated carbocycles. The molecule has 0 aliphatic heterocycles. The van der Waals surface area contributed by atoms with E-state index in [2.05, 4.69) is 10.6 Å². The Morgan fingerprint density at radius 1 is 1.18 bits per heavy atom. The average Bonchev–Trinajstić information content (AvgIpc) is 2.96. The number of carboxylic acids is 1. The molecule has 6 heteroatoms. The second-order valence-corrected chi connectivity index (χ2v) is 5.64. The lowest BCUT2D eigenvalue weighted by Gasteiger charge is -2.23. The van der Waals surface area contributed by atoms with Gasteiger partial charge in [-0.2, -0.15) is 0 Å². The Hall–Kier alpha value is -2.37. The predicted molar refractivity (Wildman–Crippen MR) is 81.6 cm³/mol. The summed E-state index contributed by atoms with van der Waals surface area (Å²) in [5.74, 6) is -1.59. The van der Waals surface area contributed by atoms with E-state index < -0.39 is 11.4 Å². The molecule has 2 rings (SSSR count). The van der Waals surface area contributed by atoms with Crippen LogP contribution in [0.3, 0.4) is 0 Å². The van der Waals surface area contributed by atoms with Crippen LogP contribution in [0.4, 0.5) is 5.69 Å². The fourth-order valence-corrected chi connectivity index (χ4v) is 2.94. The SMILES string of the molecule is CNC(=O)c1ccccc1NC(=O)CC1(C(=O)O)CCCC1. The molecule has 1 aliphatic carbocycles. The maximum absolute atomic E-state index is 12.2. The summed E-state index contributed by atoms with van der Waals surface area (Å²) in [5.41, 5.74) is -0.217.